The lowest BCUT2D eigenvalue weighted by Crippen LogP contribution is -2.45. The first-order valence-electron chi connectivity index (χ1n) is 18.2. The maximum atomic E-state index is 12.3. The summed E-state index contributed by atoms with van der Waals surface area (Å²) in [7, 11) is 0. The Balaban J connectivity index is 3.78. The van der Waals surface area contributed by atoms with Gasteiger partial charge in [0.2, 0.25) is 5.91 Å². The number of carbonyl (C=O) groups excluding carboxylic acids is 1. The Bertz CT molecular complexity index is 792. The highest BCUT2D eigenvalue weighted by Crippen LogP contribution is 2.13. The van der Waals surface area contributed by atoms with Gasteiger partial charge in [0, 0.05) is 6.42 Å². The molecule has 0 heterocycles. The minimum Gasteiger partial charge on any atom is -0.394 e. The van der Waals surface area contributed by atoms with Crippen LogP contribution in [-0.2, 0) is 4.79 Å². The molecule has 0 fully saturated rings. The lowest BCUT2D eigenvalue weighted by Gasteiger charge is -2.19. The maximum Gasteiger partial charge on any atom is 0.220 e. The average molecular weight is 612 g/mol. The summed E-state index contributed by atoms with van der Waals surface area (Å²) in [5.74, 6) is -0.125. The standard InChI is InChI=1S/C40H69NO3/c1-3-5-7-9-11-13-15-17-19-20-22-24-26-28-30-32-34-36-40(44)41-38(37-42)39(43)35-33-31-29-27-25-23-21-18-16-14-12-10-8-6-4-2/h5,7,11,13,17,19,22,24,28,30,33,35,38-39,42-43H,3-4,6,8-10,12,14-16,18,20-21,23,25-27,29,31-32,34,36-37H2,1-2H3,(H,41,44)/b7-5-,13-11-,19-17-,24-22-,30-28-,35-33+. The van der Waals surface area contributed by atoms with E-state index in [1.165, 1.54) is 77.0 Å². The summed E-state index contributed by atoms with van der Waals surface area (Å²) in [4.78, 5) is 12.3. The van der Waals surface area contributed by atoms with Crippen LogP contribution in [0.25, 0.3) is 0 Å². The molecule has 0 saturated carbocycles. The number of allylic oxidation sites excluding steroid dienone is 11. The van der Waals surface area contributed by atoms with Gasteiger partial charge in [-0.2, -0.15) is 0 Å². The van der Waals surface area contributed by atoms with Crippen LogP contribution in [0.1, 0.15) is 155 Å². The van der Waals surface area contributed by atoms with E-state index in [-0.39, 0.29) is 12.5 Å². The van der Waals surface area contributed by atoms with Crippen LogP contribution in [0.5, 0.6) is 0 Å². The lowest BCUT2D eigenvalue weighted by molar-refractivity contribution is -0.122. The van der Waals surface area contributed by atoms with Gasteiger partial charge >= 0.3 is 0 Å². The summed E-state index contributed by atoms with van der Waals surface area (Å²) < 4.78 is 0. The molecule has 0 aliphatic heterocycles. The predicted octanol–water partition coefficient (Wildman–Crippen LogP) is 10.8. The second-order valence-electron chi connectivity index (χ2n) is 11.9. The fourth-order valence-electron chi connectivity index (χ4n) is 4.92. The fraction of sp³-hybridized carbons (Fsp3) is 0.675. The van der Waals surface area contributed by atoms with Crippen molar-refractivity contribution in [2.45, 2.75) is 167 Å². The third-order valence-electron chi connectivity index (χ3n) is 7.70. The van der Waals surface area contributed by atoms with Crippen molar-refractivity contribution in [1.29, 1.82) is 0 Å². The molecule has 0 aliphatic rings. The SMILES string of the molecule is CC/C=C\C/C=C\C/C=C\C/C=C\C/C=C\CCCC(=O)NC(CO)C(O)/C=C/CCCCCCCCCCCCCCC. The molecular formula is C40H69NO3. The molecule has 0 radical (unpaired) electrons. The van der Waals surface area contributed by atoms with E-state index in [0.29, 0.717) is 6.42 Å². The molecular weight excluding hydrogens is 542 g/mol. The minimum atomic E-state index is -0.864. The smallest absolute Gasteiger partial charge is 0.220 e. The van der Waals surface area contributed by atoms with E-state index >= 15 is 0 Å². The number of nitrogens with one attached hydrogen (secondary N) is 1. The van der Waals surface area contributed by atoms with Crippen molar-refractivity contribution < 1.29 is 15.0 Å². The number of aliphatic hydroxyl groups excluding tert-OH is 2. The van der Waals surface area contributed by atoms with Gasteiger partial charge in [0.05, 0.1) is 18.8 Å². The Kier molecular flexibility index (Phi) is 33.6. The highest BCUT2D eigenvalue weighted by Gasteiger charge is 2.17. The Hall–Kier alpha value is -2.17. The summed E-state index contributed by atoms with van der Waals surface area (Å²) in [5.41, 5.74) is 0. The molecule has 2 unspecified atom stereocenters. The number of hydrogen-bond donors (Lipinski definition) is 3. The van der Waals surface area contributed by atoms with Crippen molar-refractivity contribution >= 4 is 5.91 Å². The van der Waals surface area contributed by atoms with Gasteiger partial charge in [-0.1, -0.05) is 164 Å². The van der Waals surface area contributed by atoms with Crippen LogP contribution in [0.15, 0.2) is 72.9 Å². The highest BCUT2D eigenvalue weighted by atomic mass is 16.3. The van der Waals surface area contributed by atoms with Gasteiger partial charge in [-0.3, -0.25) is 4.79 Å². The third-order valence-corrected chi connectivity index (χ3v) is 7.70. The van der Waals surface area contributed by atoms with Crippen molar-refractivity contribution in [2.24, 2.45) is 0 Å². The fourth-order valence-corrected chi connectivity index (χ4v) is 4.92. The van der Waals surface area contributed by atoms with Crippen LogP contribution in [0.4, 0.5) is 0 Å². The normalized spacial score (nSPS) is 14.0. The molecule has 0 bridgehead atoms. The monoisotopic (exact) mass is 612 g/mol. The van der Waals surface area contributed by atoms with Crippen molar-refractivity contribution in [3.63, 3.8) is 0 Å². The molecule has 0 saturated heterocycles. The first-order chi connectivity index (χ1) is 21.7. The van der Waals surface area contributed by atoms with Gasteiger partial charge in [0.1, 0.15) is 0 Å². The van der Waals surface area contributed by atoms with Gasteiger partial charge < -0.3 is 15.5 Å². The van der Waals surface area contributed by atoms with Gasteiger partial charge in [-0.15, -0.1) is 0 Å². The molecule has 4 heteroatoms. The quantitative estimate of drug-likeness (QED) is 0.0539. The number of unbranched alkanes of at least 4 members (excludes halogenated alkanes) is 14. The second-order valence-corrected chi connectivity index (χ2v) is 11.9. The zero-order valence-corrected chi connectivity index (χ0v) is 28.6. The Morgan fingerprint density at radius 3 is 1.48 bits per heavy atom. The molecule has 0 rings (SSSR count). The Morgan fingerprint density at radius 2 is 1.00 bits per heavy atom. The van der Waals surface area contributed by atoms with E-state index in [1.807, 2.05) is 6.08 Å². The van der Waals surface area contributed by atoms with Crippen LogP contribution in [-0.4, -0.2) is 34.9 Å². The molecule has 0 aromatic carbocycles. The van der Waals surface area contributed by atoms with Crippen molar-refractivity contribution in [2.75, 3.05) is 6.61 Å². The minimum absolute atomic E-state index is 0.125. The summed E-state index contributed by atoms with van der Waals surface area (Å²) in [6.45, 7) is 4.15. The van der Waals surface area contributed by atoms with Crippen molar-refractivity contribution in [3.05, 3.63) is 72.9 Å². The molecule has 44 heavy (non-hydrogen) atoms. The molecule has 2 atom stereocenters. The average Bonchev–Trinajstić information content (AvgIpc) is 3.03. The largest absolute Gasteiger partial charge is 0.394 e. The molecule has 252 valence electrons. The van der Waals surface area contributed by atoms with Crippen molar-refractivity contribution in [1.82, 2.24) is 5.32 Å². The number of rotatable bonds is 31. The Labute approximate surface area is 272 Å². The van der Waals surface area contributed by atoms with Gasteiger partial charge in [0.15, 0.2) is 0 Å². The zero-order chi connectivity index (χ0) is 32.2. The molecule has 0 spiro atoms. The predicted molar refractivity (Wildman–Crippen MR) is 193 cm³/mol. The molecule has 4 nitrogen and oxygen atoms in total. The Morgan fingerprint density at radius 1 is 0.568 bits per heavy atom. The topological polar surface area (TPSA) is 69.6 Å². The van der Waals surface area contributed by atoms with E-state index in [2.05, 4.69) is 79.9 Å². The second kappa shape index (κ2) is 35.3. The summed E-state index contributed by atoms with van der Waals surface area (Å²) in [5, 5.41) is 22.8. The van der Waals surface area contributed by atoms with Crippen LogP contribution >= 0.6 is 0 Å². The number of amides is 1. The van der Waals surface area contributed by atoms with Crippen molar-refractivity contribution in [3.8, 4) is 0 Å². The van der Waals surface area contributed by atoms with Gasteiger partial charge in [-0.05, 0) is 57.8 Å². The summed E-state index contributed by atoms with van der Waals surface area (Å²) >= 11 is 0. The van der Waals surface area contributed by atoms with Crippen LogP contribution in [0.2, 0.25) is 0 Å². The summed E-state index contributed by atoms with van der Waals surface area (Å²) in [6, 6.07) is -0.654. The molecule has 0 aliphatic carbocycles. The van der Waals surface area contributed by atoms with E-state index in [1.54, 1.807) is 6.08 Å². The van der Waals surface area contributed by atoms with Crippen LogP contribution < -0.4 is 5.32 Å². The summed E-state index contributed by atoms with van der Waals surface area (Å²) in [6.07, 6.45) is 49.8. The maximum absolute atomic E-state index is 12.3. The zero-order valence-electron chi connectivity index (χ0n) is 28.6. The lowest BCUT2D eigenvalue weighted by atomic mass is 10.0. The van der Waals surface area contributed by atoms with E-state index in [9.17, 15) is 15.0 Å². The first kappa shape index (κ1) is 41.8. The number of aliphatic hydroxyl groups is 2. The van der Waals surface area contributed by atoms with E-state index in [4.69, 9.17) is 0 Å². The molecule has 0 aromatic heterocycles. The first-order valence-corrected chi connectivity index (χ1v) is 18.2. The van der Waals surface area contributed by atoms with E-state index < -0.39 is 12.1 Å². The van der Waals surface area contributed by atoms with Crippen LogP contribution in [0.3, 0.4) is 0 Å². The number of carbonyl (C=O) groups is 1. The van der Waals surface area contributed by atoms with E-state index in [0.717, 1.165) is 57.8 Å². The molecule has 0 aromatic rings. The highest BCUT2D eigenvalue weighted by molar-refractivity contribution is 5.76. The third kappa shape index (κ3) is 31.3. The van der Waals surface area contributed by atoms with Crippen LogP contribution in [0, 0.1) is 0 Å². The van der Waals surface area contributed by atoms with Gasteiger partial charge in [0.25, 0.3) is 0 Å². The molecule has 3 N–H and O–H groups in total. The van der Waals surface area contributed by atoms with Gasteiger partial charge in [-0.25, -0.2) is 0 Å². The molecule has 1 amide bonds. The number of hydrogen-bond acceptors (Lipinski definition) is 3.